The topological polar surface area (TPSA) is 89.8 Å². The van der Waals surface area contributed by atoms with Gasteiger partial charge in [0.05, 0.1) is 15.8 Å². The number of hydrogen-bond acceptors (Lipinski definition) is 6. The van der Waals surface area contributed by atoms with Crippen LogP contribution in [-0.4, -0.2) is 35.2 Å². The molecule has 0 radical (unpaired) electrons. The van der Waals surface area contributed by atoms with Crippen molar-refractivity contribution >= 4 is 21.8 Å². The third-order valence-electron chi connectivity index (χ3n) is 5.11. The number of benzene rings is 3. The third-order valence-corrected chi connectivity index (χ3v) is 7.74. The molecule has 7 nitrogen and oxygen atoms in total. The van der Waals surface area contributed by atoms with Crippen LogP contribution in [0.25, 0.3) is 5.69 Å². The van der Waals surface area contributed by atoms with Gasteiger partial charge in [0.15, 0.2) is 0 Å². The largest absolute Gasteiger partial charge is 0.240 e. The van der Waals surface area contributed by atoms with Gasteiger partial charge in [-0.2, -0.15) is 4.68 Å². The maximum absolute atomic E-state index is 12.8. The Morgan fingerprint density at radius 3 is 2.31 bits per heavy atom. The summed E-state index contributed by atoms with van der Waals surface area (Å²) < 4.78 is 29.9. The highest BCUT2D eigenvalue weighted by molar-refractivity contribution is 7.99. The van der Waals surface area contributed by atoms with Crippen LogP contribution in [0.4, 0.5) is 0 Å². The summed E-state index contributed by atoms with van der Waals surface area (Å²) in [4.78, 5) is 0.233. The number of tetrazole rings is 1. The van der Waals surface area contributed by atoms with Crippen molar-refractivity contribution in [2.45, 2.75) is 29.1 Å². The lowest BCUT2D eigenvalue weighted by molar-refractivity contribution is 0.581. The Balaban J connectivity index is 1.61. The number of aromatic nitrogens is 4. The zero-order valence-corrected chi connectivity index (χ0v) is 19.3. The highest BCUT2D eigenvalue weighted by Crippen LogP contribution is 2.34. The van der Waals surface area contributed by atoms with Gasteiger partial charge in [0, 0.05) is 6.54 Å². The van der Waals surface area contributed by atoms with Crippen molar-refractivity contribution < 1.29 is 8.42 Å². The second kappa shape index (κ2) is 9.64. The summed E-state index contributed by atoms with van der Waals surface area (Å²) in [6.45, 7) is 4.28. The standard InChI is InChI=1S/C23H23N5O2S2/c1-17-13-14-20(15-18(17)2)28-23(25-26-27-28)31-22(19-9-5-3-6-10-19)16-24-32(29,30)21-11-7-4-8-12-21/h3-15,22,24H,16H2,1-2H3/t22-/m0/s1. The highest BCUT2D eigenvalue weighted by atomic mass is 32.2. The minimum absolute atomic E-state index is 0.186. The summed E-state index contributed by atoms with van der Waals surface area (Å²) >= 11 is 1.42. The molecule has 0 fully saturated rings. The number of sulfonamides is 1. The van der Waals surface area contributed by atoms with Gasteiger partial charge in [-0.1, -0.05) is 66.4 Å². The van der Waals surface area contributed by atoms with Crippen LogP contribution in [0, 0.1) is 13.8 Å². The Labute approximate surface area is 191 Å². The van der Waals surface area contributed by atoms with E-state index in [2.05, 4.69) is 27.2 Å². The van der Waals surface area contributed by atoms with Crippen molar-refractivity contribution in [1.82, 2.24) is 24.9 Å². The SMILES string of the molecule is Cc1ccc(-n2nnnc2S[C@@H](CNS(=O)(=O)c2ccccc2)c2ccccc2)cc1C. The molecule has 1 aromatic heterocycles. The van der Waals surface area contributed by atoms with Crippen LogP contribution in [0.2, 0.25) is 0 Å². The van der Waals surface area contributed by atoms with E-state index in [0.29, 0.717) is 5.16 Å². The van der Waals surface area contributed by atoms with Crippen molar-refractivity contribution in [2.75, 3.05) is 6.54 Å². The van der Waals surface area contributed by atoms with Crippen molar-refractivity contribution in [1.29, 1.82) is 0 Å². The molecule has 0 saturated carbocycles. The third kappa shape index (κ3) is 5.07. The van der Waals surface area contributed by atoms with Crippen LogP contribution in [-0.2, 0) is 10.0 Å². The molecule has 32 heavy (non-hydrogen) atoms. The fourth-order valence-electron chi connectivity index (χ4n) is 3.16. The van der Waals surface area contributed by atoms with Crippen LogP contribution < -0.4 is 4.72 Å². The summed E-state index contributed by atoms with van der Waals surface area (Å²) in [6.07, 6.45) is 0. The molecule has 1 heterocycles. The van der Waals surface area contributed by atoms with E-state index in [1.807, 2.05) is 55.5 Å². The molecule has 0 unspecified atom stereocenters. The average molecular weight is 466 g/mol. The van der Waals surface area contributed by atoms with Gasteiger partial charge in [0.2, 0.25) is 15.2 Å². The Hall–Kier alpha value is -3.01. The zero-order chi connectivity index (χ0) is 22.6. The number of nitrogens with one attached hydrogen (secondary N) is 1. The lowest BCUT2D eigenvalue weighted by Gasteiger charge is -2.17. The number of rotatable bonds is 8. The fraction of sp³-hybridized carbons (Fsp3) is 0.174. The molecule has 0 aliphatic heterocycles. The van der Waals surface area contributed by atoms with Crippen molar-refractivity contribution in [3.63, 3.8) is 0 Å². The summed E-state index contributed by atoms with van der Waals surface area (Å²) in [5.74, 6) is 0. The predicted molar refractivity (Wildman–Crippen MR) is 125 cm³/mol. The Bertz CT molecular complexity index is 1290. The van der Waals surface area contributed by atoms with Gasteiger partial charge < -0.3 is 0 Å². The lowest BCUT2D eigenvalue weighted by Crippen LogP contribution is -2.27. The summed E-state index contributed by atoms with van der Waals surface area (Å²) in [5.41, 5.74) is 4.16. The maximum atomic E-state index is 12.8. The first kappa shape index (κ1) is 22.2. The number of thioether (sulfide) groups is 1. The minimum Gasteiger partial charge on any atom is -0.210 e. The zero-order valence-electron chi connectivity index (χ0n) is 17.7. The molecule has 0 aliphatic rings. The van der Waals surface area contributed by atoms with E-state index in [0.717, 1.165) is 16.8 Å². The average Bonchev–Trinajstić information content (AvgIpc) is 3.28. The number of nitrogens with zero attached hydrogens (tertiary/aromatic N) is 4. The van der Waals surface area contributed by atoms with Gasteiger partial charge >= 0.3 is 0 Å². The molecule has 0 spiro atoms. The van der Waals surface area contributed by atoms with Gasteiger partial charge in [-0.15, -0.1) is 5.10 Å². The molecule has 4 rings (SSSR count). The van der Waals surface area contributed by atoms with E-state index in [1.165, 1.54) is 17.3 Å². The van der Waals surface area contributed by atoms with E-state index in [4.69, 9.17) is 0 Å². The van der Waals surface area contributed by atoms with E-state index in [9.17, 15) is 8.42 Å². The Kier molecular flexibility index (Phi) is 6.69. The number of hydrogen-bond donors (Lipinski definition) is 1. The van der Waals surface area contributed by atoms with Crippen LogP contribution in [0.5, 0.6) is 0 Å². The molecule has 9 heteroatoms. The summed E-state index contributed by atoms with van der Waals surface area (Å²) in [7, 11) is -3.64. The molecule has 1 atom stereocenters. The second-order valence-corrected chi connectivity index (χ2v) is 10.3. The Morgan fingerprint density at radius 1 is 0.938 bits per heavy atom. The first-order valence-electron chi connectivity index (χ1n) is 10.1. The van der Waals surface area contributed by atoms with Gasteiger partial charge in [-0.25, -0.2) is 13.1 Å². The van der Waals surface area contributed by atoms with Crippen LogP contribution in [0.1, 0.15) is 21.9 Å². The van der Waals surface area contributed by atoms with Crippen molar-refractivity contribution in [3.05, 3.63) is 95.6 Å². The highest BCUT2D eigenvalue weighted by Gasteiger charge is 2.22. The normalized spacial score (nSPS) is 12.6. The molecule has 0 aliphatic carbocycles. The summed E-state index contributed by atoms with van der Waals surface area (Å²) in [5, 5.41) is 12.6. The second-order valence-electron chi connectivity index (χ2n) is 7.32. The van der Waals surface area contributed by atoms with Crippen molar-refractivity contribution in [3.8, 4) is 5.69 Å². The van der Waals surface area contributed by atoms with E-state index >= 15 is 0 Å². The predicted octanol–water partition coefficient (Wildman–Crippen LogP) is 4.09. The van der Waals surface area contributed by atoms with Crippen molar-refractivity contribution in [2.24, 2.45) is 0 Å². The molecule has 0 amide bonds. The molecule has 0 bridgehead atoms. The van der Waals surface area contributed by atoms with Crippen LogP contribution in [0.3, 0.4) is 0 Å². The van der Waals surface area contributed by atoms with Gasteiger partial charge in [-0.05, 0) is 65.2 Å². The first-order chi connectivity index (χ1) is 15.4. The summed E-state index contributed by atoms with van der Waals surface area (Å²) in [6, 6.07) is 24.1. The molecule has 0 saturated heterocycles. The molecule has 164 valence electrons. The van der Waals surface area contributed by atoms with E-state index in [1.54, 1.807) is 35.0 Å². The monoisotopic (exact) mass is 465 g/mol. The Morgan fingerprint density at radius 2 is 1.62 bits per heavy atom. The lowest BCUT2D eigenvalue weighted by atomic mass is 10.1. The molecular formula is C23H23N5O2S2. The minimum atomic E-state index is -3.64. The van der Waals surface area contributed by atoms with E-state index in [-0.39, 0.29) is 16.7 Å². The van der Waals surface area contributed by atoms with Gasteiger partial charge in [0.25, 0.3) is 0 Å². The maximum Gasteiger partial charge on any atom is 0.240 e. The first-order valence-corrected chi connectivity index (χ1v) is 12.4. The van der Waals surface area contributed by atoms with E-state index < -0.39 is 10.0 Å². The fourth-order valence-corrected chi connectivity index (χ4v) is 5.38. The smallest absolute Gasteiger partial charge is 0.210 e. The van der Waals surface area contributed by atoms with Gasteiger partial charge in [-0.3, -0.25) is 0 Å². The quantitative estimate of drug-likeness (QED) is 0.394. The number of aryl methyl sites for hydroxylation is 2. The molecular weight excluding hydrogens is 442 g/mol. The van der Waals surface area contributed by atoms with Crippen LogP contribution >= 0.6 is 11.8 Å². The molecule has 1 N–H and O–H groups in total. The molecule has 3 aromatic carbocycles. The molecule has 4 aromatic rings. The van der Waals surface area contributed by atoms with Crippen LogP contribution in [0.15, 0.2) is 88.9 Å². The van der Waals surface area contributed by atoms with Gasteiger partial charge in [0.1, 0.15) is 0 Å².